The summed E-state index contributed by atoms with van der Waals surface area (Å²) in [5.41, 5.74) is 2.69. The van der Waals surface area contributed by atoms with Gasteiger partial charge in [-0.2, -0.15) is 0 Å². The van der Waals surface area contributed by atoms with Crippen molar-refractivity contribution < 1.29 is 0 Å². The highest BCUT2D eigenvalue weighted by molar-refractivity contribution is 14.1. The smallest absolute Gasteiger partial charge is 0.0587 e. The maximum absolute atomic E-state index is 3.64. The molecule has 0 spiro atoms. The van der Waals surface area contributed by atoms with Crippen LogP contribution in [0.4, 0.5) is 0 Å². The van der Waals surface area contributed by atoms with Crippen molar-refractivity contribution in [2.75, 3.05) is 6.54 Å². The number of hydrogen-bond acceptors (Lipinski definition) is 1. The van der Waals surface area contributed by atoms with Crippen molar-refractivity contribution in [2.45, 2.75) is 19.4 Å². The molecule has 0 bridgehead atoms. The topological polar surface area (TPSA) is 12.0 Å². The second kappa shape index (κ2) is 6.90. The zero-order chi connectivity index (χ0) is 12.8. The highest BCUT2D eigenvalue weighted by Crippen LogP contribution is 2.25. The SMILES string of the molecule is CCCNC(c1ccccc1)c1ccccc1I. The van der Waals surface area contributed by atoms with Gasteiger partial charge in [0.1, 0.15) is 0 Å². The van der Waals surface area contributed by atoms with Crippen molar-refractivity contribution in [3.63, 3.8) is 0 Å². The highest BCUT2D eigenvalue weighted by atomic mass is 127. The van der Waals surface area contributed by atoms with Gasteiger partial charge in [0.2, 0.25) is 0 Å². The van der Waals surface area contributed by atoms with E-state index in [2.05, 4.69) is 89.4 Å². The standard InChI is InChI=1S/C16H18IN/c1-2-12-18-16(13-8-4-3-5-9-13)14-10-6-7-11-15(14)17/h3-11,16,18H,2,12H2,1H3. The fraction of sp³-hybridized carbons (Fsp3) is 0.250. The van der Waals surface area contributed by atoms with Crippen molar-refractivity contribution in [2.24, 2.45) is 0 Å². The van der Waals surface area contributed by atoms with E-state index in [1.165, 1.54) is 14.7 Å². The van der Waals surface area contributed by atoms with Crippen LogP contribution in [0.3, 0.4) is 0 Å². The van der Waals surface area contributed by atoms with Crippen molar-refractivity contribution in [3.05, 3.63) is 69.3 Å². The first-order chi connectivity index (χ1) is 8.83. The molecule has 0 heterocycles. The third-order valence-electron chi connectivity index (χ3n) is 2.95. The minimum atomic E-state index is 0.291. The maximum atomic E-state index is 3.64. The zero-order valence-electron chi connectivity index (χ0n) is 10.6. The Morgan fingerprint density at radius 3 is 2.33 bits per heavy atom. The summed E-state index contributed by atoms with van der Waals surface area (Å²) in [6.45, 7) is 3.23. The number of benzene rings is 2. The summed E-state index contributed by atoms with van der Waals surface area (Å²) in [7, 11) is 0. The second-order valence-electron chi connectivity index (χ2n) is 4.32. The number of nitrogens with one attached hydrogen (secondary N) is 1. The van der Waals surface area contributed by atoms with Crippen LogP contribution in [0, 0.1) is 3.57 Å². The Labute approximate surface area is 123 Å². The van der Waals surface area contributed by atoms with Crippen LogP contribution in [-0.2, 0) is 0 Å². The Morgan fingerprint density at radius 2 is 1.67 bits per heavy atom. The van der Waals surface area contributed by atoms with Crippen LogP contribution in [-0.4, -0.2) is 6.54 Å². The largest absolute Gasteiger partial charge is 0.306 e. The molecule has 18 heavy (non-hydrogen) atoms. The Kier molecular flexibility index (Phi) is 5.20. The molecular formula is C16H18IN. The van der Waals surface area contributed by atoms with Gasteiger partial charge in [0.05, 0.1) is 6.04 Å². The van der Waals surface area contributed by atoms with E-state index in [0.717, 1.165) is 13.0 Å². The van der Waals surface area contributed by atoms with Crippen molar-refractivity contribution >= 4 is 22.6 Å². The normalized spacial score (nSPS) is 12.3. The van der Waals surface area contributed by atoms with Crippen LogP contribution >= 0.6 is 22.6 Å². The van der Waals surface area contributed by atoms with Gasteiger partial charge in [-0.25, -0.2) is 0 Å². The Hall–Kier alpha value is -0.870. The van der Waals surface area contributed by atoms with Crippen molar-refractivity contribution in [1.29, 1.82) is 0 Å². The summed E-state index contributed by atoms with van der Waals surface area (Å²) in [6.07, 6.45) is 1.15. The van der Waals surface area contributed by atoms with Crippen LogP contribution in [0.15, 0.2) is 54.6 Å². The molecule has 2 aromatic carbocycles. The summed E-state index contributed by atoms with van der Waals surface area (Å²) in [5.74, 6) is 0. The highest BCUT2D eigenvalue weighted by Gasteiger charge is 2.14. The van der Waals surface area contributed by atoms with Crippen LogP contribution in [0.2, 0.25) is 0 Å². The third-order valence-corrected chi connectivity index (χ3v) is 3.93. The molecule has 2 heteroatoms. The van der Waals surface area contributed by atoms with Gasteiger partial charge in [-0.05, 0) is 52.7 Å². The molecule has 0 amide bonds. The first-order valence-corrected chi connectivity index (χ1v) is 7.43. The van der Waals surface area contributed by atoms with Crippen LogP contribution < -0.4 is 5.32 Å². The molecule has 2 rings (SSSR count). The number of rotatable bonds is 5. The molecule has 2 aromatic rings. The van der Waals surface area contributed by atoms with Gasteiger partial charge in [0.15, 0.2) is 0 Å². The van der Waals surface area contributed by atoms with Gasteiger partial charge >= 0.3 is 0 Å². The maximum Gasteiger partial charge on any atom is 0.0587 e. The summed E-state index contributed by atoms with van der Waals surface area (Å²) >= 11 is 2.41. The van der Waals surface area contributed by atoms with Crippen LogP contribution in [0.25, 0.3) is 0 Å². The summed E-state index contributed by atoms with van der Waals surface area (Å²) in [6, 6.07) is 19.5. The van der Waals surface area contributed by atoms with E-state index in [4.69, 9.17) is 0 Å². The summed E-state index contributed by atoms with van der Waals surface area (Å²) < 4.78 is 1.31. The predicted octanol–water partition coefficient (Wildman–Crippen LogP) is 4.38. The van der Waals surface area contributed by atoms with Gasteiger partial charge in [0.25, 0.3) is 0 Å². The molecular weight excluding hydrogens is 333 g/mol. The van der Waals surface area contributed by atoms with Gasteiger partial charge in [-0.1, -0.05) is 55.5 Å². The molecule has 0 aliphatic rings. The van der Waals surface area contributed by atoms with E-state index in [1.807, 2.05) is 0 Å². The average Bonchev–Trinajstić information content (AvgIpc) is 2.42. The van der Waals surface area contributed by atoms with E-state index < -0.39 is 0 Å². The molecule has 0 fully saturated rings. The lowest BCUT2D eigenvalue weighted by molar-refractivity contribution is 0.597. The quantitative estimate of drug-likeness (QED) is 0.789. The minimum Gasteiger partial charge on any atom is -0.306 e. The number of hydrogen-bond donors (Lipinski definition) is 1. The van der Waals surface area contributed by atoms with E-state index in [-0.39, 0.29) is 0 Å². The van der Waals surface area contributed by atoms with Crippen LogP contribution in [0.5, 0.6) is 0 Å². The zero-order valence-corrected chi connectivity index (χ0v) is 12.7. The monoisotopic (exact) mass is 351 g/mol. The first kappa shape index (κ1) is 13.6. The Balaban J connectivity index is 2.34. The second-order valence-corrected chi connectivity index (χ2v) is 5.48. The van der Waals surface area contributed by atoms with Crippen molar-refractivity contribution in [1.82, 2.24) is 5.32 Å². The summed E-state index contributed by atoms with van der Waals surface area (Å²) in [5, 5.41) is 3.64. The predicted molar refractivity (Wildman–Crippen MR) is 85.7 cm³/mol. The van der Waals surface area contributed by atoms with E-state index in [9.17, 15) is 0 Å². The lowest BCUT2D eigenvalue weighted by atomic mass is 9.99. The molecule has 0 aliphatic carbocycles. The lowest BCUT2D eigenvalue weighted by Crippen LogP contribution is -2.23. The minimum absolute atomic E-state index is 0.291. The molecule has 0 saturated carbocycles. The molecule has 0 aliphatic heterocycles. The van der Waals surface area contributed by atoms with Gasteiger partial charge in [-0.3, -0.25) is 0 Å². The molecule has 94 valence electrons. The molecule has 1 nitrogen and oxygen atoms in total. The molecule has 1 unspecified atom stereocenters. The number of halogens is 1. The van der Waals surface area contributed by atoms with Crippen molar-refractivity contribution in [3.8, 4) is 0 Å². The van der Waals surface area contributed by atoms with Gasteiger partial charge < -0.3 is 5.32 Å². The van der Waals surface area contributed by atoms with E-state index in [1.54, 1.807) is 0 Å². The fourth-order valence-corrected chi connectivity index (χ4v) is 2.75. The molecule has 1 atom stereocenters. The molecule has 0 radical (unpaired) electrons. The Morgan fingerprint density at radius 1 is 1.00 bits per heavy atom. The Bertz CT molecular complexity index is 481. The average molecular weight is 351 g/mol. The molecule has 0 aromatic heterocycles. The van der Waals surface area contributed by atoms with Crippen LogP contribution in [0.1, 0.15) is 30.5 Å². The van der Waals surface area contributed by atoms with Gasteiger partial charge in [-0.15, -0.1) is 0 Å². The molecule has 0 saturated heterocycles. The lowest BCUT2D eigenvalue weighted by Gasteiger charge is -2.20. The van der Waals surface area contributed by atoms with E-state index in [0.29, 0.717) is 6.04 Å². The fourth-order valence-electron chi connectivity index (χ4n) is 2.05. The van der Waals surface area contributed by atoms with Gasteiger partial charge in [0, 0.05) is 3.57 Å². The molecule has 1 N–H and O–H groups in total. The third kappa shape index (κ3) is 3.33. The van der Waals surface area contributed by atoms with E-state index >= 15 is 0 Å². The summed E-state index contributed by atoms with van der Waals surface area (Å²) in [4.78, 5) is 0. The first-order valence-electron chi connectivity index (χ1n) is 6.35.